The number of nitrogens with zero attached hydrogens (tertiary/aromatic N) is 1. The van der Waals surface area contributed by atoms with Gasteiger partial charge in [-0.1, -0.05) is 12.1 Å². The van der Waals surface area contributed by atoms with Crippen molar-refractivity contribution >= 4 is 5.91 Å². The van der Waals surface area contributed by atoms with E-state index in [2.05, 4.69) is 10.2 Å². The van der Waals surface area contributed by atoms with Crippen LogP contribution in [-0.4, -0.2) is 57.4 Å². The number of nitrogens with one attached hydrogen (secondary N) is 1. The van der Waals surface area contributed by atoms with Gasteiger partial charge in [-0.05, 0) is 17.7 Å². The highest BCUT2D eigenvalue weighted by molar-refractivity contribution is 5.77. The fraction of sp³-hybridized carbons (Fsp3) is 0.588. The number of amides is 1. The van der Waals surface area contributed by atoms with E-state index >= 15 is 0 Å². The van der Waals surface area contributed by atoms with Crippen LogP contribution in [0.15, 0.2) is 24.3 Å². The van der Waals surface area contributed by atoms with Crippen LogP contribution in [0, 0.1) is 17.2 Å². The average molecular weight is 322 g/mol. The molecule has 0 bridgehead atoms. The number of methoxy groups -OCH3 is 1. The summed E-state index contributed by atoms with van der Waals surface area (Å²) in [6.45, 7) is 4.72. The number of likely N-dealkylation sites (tertiary alicyclic amines) is 1. The van der Waals surface area contributed by atoms with Crippen molar-refractivity contribution in [2.75, 3.05) is 46.6 Å². The summed E-state index contributed by atoms with van der Waals surface area (Å²) in [5, 5.41) is 2.96. The summed E-state index contributed by atoms with van der Waals surface area (Å²) < 4.78 is 23.5. The molecular formula is C17H23FN2O3. The van der Waals surface area contributed by atoms with E-state index in [1.807, 2.05) is 12.1 Å². The number of carbonyl (C=O) groups excluding carboxylic acids is 1. The fourth-order valence-electron chi connectivity index (χ4n) is 3.62. The molecule has 1 N–H and O–H groups in total. The van der Waals surface area contributed by atoms with Crippen molar-refractivity contribution in [2.45, 2.75) is 6.54 Å². The number of halogens is 1. The number of hydrogen-bond acceptors (Lipinski definition) is 4. The predicted molar refractivity (Wildman–Crippen MR) is 83.3 cm³/mol. The van der Waals surface area contributed by atoms with Crippen molar-refractivity contribution in [3.05, 3.63) is 35.6 Å². The van der Waals surface area contributed by atoms with Gasteiger partial charge in [0.2, 0.25) is 5.91 Å². The second-order valence-electron chi connectivity index (χ2n) is 6.58. The molecule has 0 unspecified atom stereocenters. The Labute approximate surface area is 135 Å². The summed E-state index contributed by atoms with van der Waals surface area (Å²) in [5.41, 5.74) is 1.08. The van der Waals surface area contributed by atoms with Gasteiger partial charge in [-0.15, -0.1) is 0 Å². The number of ether oxygens (including phenoxy) is 2. The highest BCUT2D eigenvalue weighted by Gasteiger charge is 2.50. The van der Waals surface area contributed by atoms with Gasteiger partial charge in [0.25, 0.3) is 0 Å². The Morgan fingerprint density at radius 2 is 2.26 bits per heavy atom. The highest BCUT2D eigenvalue weighted by atomic mass is 19.1. The van der Waals surface area contributed by atoms with E-state index in [1.54, 1.807) is 0 Å². The molecule has 5 nitrogen and oxygen atoms in total. The van der Waals surface area contributed by atoms with Crippen LogP contribution in [0.5, 0.6) is 0 Å². The SMILES string of the molecule is COCC(=O)NC[C@]12COC[C@H]1CN(Cc1ccc(F)cc1)C2. The van der Waals surface area contributed by atoms with Gasteiger partial charge in [-0.25, -0.2) is 4.39 Å². The van der Waals surface area contributed by atoms with Crippen LogP contribution in [0.1, 0.15) is 5.56 Å². The summed E-state index contributed by atoms with van der Waals surface area (Å²) >= 11 is 0. The molecule has 1 amide bonds. The van der Waals surface area contributed by atoms with Crippen molar-refractivity contribution in [2.24, 2.45) is 11.3 Å². The average Bonchev–Trinajstić information content (AvgIpc) is 3.05. The lowest BCUT2D eigenvalue weighted by atomic mass is 9.81. The zero-order valence-corrected chi connectivity index (χ0v) is 13.4. The fourth-order valence-corrected chi connectivity index (χ4v) is 3.62. The molecule has 1 aromatic carbocycles. The maximum atomic E-state index is 13.0. The summed E-state index contributed by atoms with van der Waals surface area (Å²) in [7, 11) is 1.51. The van der Waals surface area contributed by atoms with Gasteiger partial charge in [0, 0.05) is 44.6 Å². The first-order chi connectivity index (χ1) is 11.1. The molecule has 0 aromatic heterocycles. The van der Waals surface area contributed by atoms with E-state index in [-0.39, 0.29) is 23.7 Å². The lowest BCUT2D eigenvalue weighted by molar-refractivity contribution is -0.125. The molecule has 2 atom stereocenters. The molecule has 2 saturated heterocycles. The number of carbonyl (C=O) groups is 1. The van der Waals surface area contributed by atoms with Crippen molar-refractivity contribution < 1.29 is 18.7 Å². The van der Waals surface area contributed by atoms with Crippen LogP contribution in [-0.2, 0) is 20.8 Å². The Kier molecular flexibility index (Phi) is 4.94. The van der Waals surface area contributed by atoms with Gasteiger partial charge in [-0.2, -0.15) is 0 Å². The number of benzene rings is 1. The second-order valence-corrected chi connectivity index (χ2v) is 6.58. The molecule has 3 rings (SSSR count). The summed E-state index contributed by atoms with van der Waals surface area (Å²) in [6, 6.07) is 6.64. The largest absolute Gasteiger partial charge is 0.380 e. The standard InChI is InChI=1S/C17H23FN2O3/c1-22-9-16(21)19-10-17-11-20(7-14(17)8-23-12-17)6-13-2-4-15(18)5-3-13/h2-5,14H,6-12H2,1H3,(H,19,21)/t14-,17+/m1/s1. The number of rotatable bonds is 6. The Morgan fingerprint density at radius 1 is 1.48 bits per heavy atom. The van der Waals surface area contributed by atoms with Gasteiger partial charge in [0.15, 0.2) is 0 Å². The first-order valence-electron chi connectivity index (χ1n) is 7.91. The third-order valence-corrected chi connectivity index (χ3v) is 4.82. The maximum Gasteiger partial charge on any atom is 0.246 e. The minimum Gasteiger partial charge on any atom is -0.380 e. The van der Waals surface area contributed by atoms with Crippen LogP contribution in [0.3, 0.4) is 0 Å². The molecule has 23 heavy (non-hydrogen) atoms. The second kappa shape index (κ2) is 6.95. The van der Waals surface area contributed by atoms with Crippen molar-refractivity contribution in [1.82, 2.24) is 10.2 Å². The molecule has 6 heteroatoms. The van der Waals surface area contributed by atoms with Gasteiger partial charge in [-0.3, -0.25) is 9.69 Å². The molecule has 2 heterocycles. The zero-order chi connectivity index (χ0) is 16.3. The Bertz CT molecular complexity index is 551. The van der Waals surface area contributed by atoms with Gasteiger partial charge >= 0.3 is 0 Å². The van der Waals surface area contributed by atoms with Gasteiger partial charge < -0.3 is 14.8 Å². The molecule has 0 radical (unpaired) electrons. The lowest BCUT2D eigenvalue weighted by Gasteiger charge is -2.27. The maximum absolute atomic E-state index is 13.0. The van der Waals surface area contributed by atoms with Crippen LogP contribution in [0.2, 0.25) is 0 Å². The van der Waals surface area contributed by atoms with Crippen LogP contribution in [0.25, 0.3) is 0 Å². The molecule has 2 aliphatic rings. The first kappa shape index (κ1) is 16.4. The van der Waals surface area contributed by atoms with Gasteiger partial charge in [0.1, 0.15) is 12.4 Å². The highest BCUT2D eigenvalue weighted by Crippen LogP contribution is 2.41. The lowest BCUT2D eigenvalue weighted by Crippen LogP contribution is -2.44. The zero-order valence-electron chi connectivity index (χ0n) is 13.4. The number of fused-ring (bicyclic) bond motifs is 1. The minimum atomic E-state index is -0.210. The predicted octanol–water partition coefficient (Wildman–Crippen LogP) is 1.04. The van der Waals surface area contributed by atoms with E-state index in [0.29, 0.717) is 19.1 Å². The molecule has 0 saturated carbocycles. The molecule has 2 fully saturated rings. The van der Waals surface area contributed by atoms with Crippen molar-refractivity contribution in [3.8, 4) is 0 Å². The van der Waals surface area contributed by atoms with Crippen molar-refractivity contribution in [3.63, 3.8) is 0 Å². The van der Waals surface area contributed by atoms with Gasteiger partial charge in [0.05, 0.1) is 13.2 Å². The third kappa shape index (κ3) is 3.71. The third-order valence-electron chi connectivity index (χ3n) is 4.82. The quantitative estimate of drug-likeness (QED) is 0.850. The molecular weight excluding hydrogens is 299 g/mol. The molecule has 2 aliphatic heterocycles. The van der Waals surface area contributed by atoms with E-state index in [0.717, 1.165) is 31.8 Å². The topological polar surface area (TPSA) is 50.8 Å². The molecule has 0 spiro atoms. The molecule has 0 aliphatic carbocycles. The monoisotopic (exact) mass is 322 g/mol. The van der Waals surface area contributed by atoms with Crippen LogP contribution in [0.4, 0.5) is 4.39 Å². The first-order valence-corrected chi connectivity index (χ1v) is 7.91. The Morgan fingerprint density at radius 3 is 3.00 bits per heavy atom. The van der Waals surface area contributed by atoms with Crippen molar-refractivity contribution in [1.29, 1.82) is 0 Å². The van der Waals surface area contributed by atoms with E-state index in [9.17, 15) is 9.18 Å². The Hall–Kier alpha value is -1.50. The molecule has 1 aromatic rings. The minimum absolute atomic E-state index is 0.0244. The molecule has 126 valence electrons. The Balaban J connectivity index is 1.60. The summed E-state index contributed by atoms with van der Waals surface area (Å²) in [4.78, 5) is 14.0. The van der Waals surface area contributed by atoms with E-state index in [1.165, 1.54) is 19.2 Å². The normalized spacial score (nSPS) is 27.1. The van der Waals surface area contributed by atoms with E-state index in [4.69, 9.17) is 9.47 Å². The van der Waals surface area contributed by atoms with E-state index < -0.39 is 0 Å². The van der Waals surface area contributed by atoms with Crippen LogP contribution >= 0.6 is 0 Å². The number of hydrogen-bond donors (Lipinski definition) is 1. The van der Waals surface area contributed by atoms with Crippen LogP contribution < -0.4 is 5.32 Å². The summed E-state index contributed by atoms with van der Waals surface area (Å²) in [6.07, 6.45) is 0. The summed E-state index contributed by atoms with van der Waals surface area (Å²) in [5.74, 6) is 0.119. The smallest absolute Gasteiger partial charge is 0.246 e.